The van der Waals surface area contributed by atoms with Gasteiger partial charge in [0.05, 0.1) is 18.1 Å². The molecular formula is C27H36O4. The van der Waals surface area contributed by atoms with Crippen molar-refractivity contribution in [3.8, 4) is 23.7 Å². The maximum atomic E-state index is 12.2. The quantitative estimate of drug-likeness (QED) is 0.206. The molecule has 0 heterocycles. The number of carbonyl (C=O) groups is 2. The molecule has 1 aromatic rings. The Labute approximate surface area is 188 Å². The summed E-state index contributed by atoms with van der Waals surface area (Å²) in [5.41, 5.74) is 0.432. The summed E-state index contributed by atoms with van der Waals surface area (Å²) in [7, 11) is 0. The Balaban J connectivity index is 2.22. The molecule has 0 N–H and O–H groups in total. The van der Waals surface area contributed by atoms with Gasteiger partial charge in [-0.2, -0.15) is 0 Å². The predicted molar refractivity (Wildman–Crippen MR) is 124 cm³/mol. The van der Waals surface area contributed by atoms with E-state index in [9.17, 15) is 9.59 Å². The van der Waals surface area contributed by atoms with Gasteiger partial charge in [0.1, 0.15) is 0 Å². The second kappa shape index (κ2) is 17.0. The van der Waals surface area contributed by atoms with Gasteiger partial charge in [0.15, 0.2) is 6.10 Å². The lowest BCUT2D eigenvalue weighted by molar-refractivity contribution is -0.150. The largest absolute Gasteiger partial charge is 0.463 e. The molecule has 31 heavy (non-hydrogen) atoms. The van der Waals surface area contributed by atoms with E-state index in [0.717, 1.165) is 25.7 Å². The molecule has 4 heteroatoms. The Hall–Kier alpha value is -2.72. The standard InChI is InChI=1S/C27H36O4/c1-4-6-7-8-9-10-11-12-13-15-19-23(3)30-26(28)22-25(18-5-2)31-27(29)24-20-16-14-17-21-24/h14,16-17,20-21,23,25H,7-13,15,19,22H2,1-3H3/t23-,25?/m1/s1. The second-order valence-corrected chi connectivity index (χ2v) is 7.60. The van der Waals surface area contributed by atoms with Crippen LogP contribution in [-0.2, 0) is 14.3 Å². The summed E-state index contributed by atoms with van der Waals surface area (Å²) >= 11 is 0. The Bertz CT molecular complexity index is 761. The fourth-order valence-electron chi connectivity index (χ4n) is 3.19. The SMILES string of the molecule is CC#CCCCCCCCCC[C@@H](C)OC(=O)CC(C#CC)OC(=O)c1ccccc1. The van der Waals surface area contributed by atoms with E-state index in [1.165, 1.54) is 32.1 Å². The van der Waals surface area contributed by atoms with Gasteiger partial charge in [0, 0.05) is 6.42 Å². The first-order chi connectivity index (χ1) is 15.1. The number of esters is 2. The van der Waals surface area contributed by atoms with Crippen LogP contribution in [0, 0.1) is 23.7 Å². The molecule has 0 radical (unpaired) electrons. The fraction of sp³-hybridized carbons (Fsp3) is 0.556. The minimum Gasteiger partial charge on any atom is -0.463 e. The third-order valence-electron chi connectivity index (χ3n) is 4.84. The van der Waals surface area contributed by atoms with Crippen LogP contribution >= 0.6 is 0 Å². The minimum absolute atomic E-state index is 0.0633. The van der Waals surface area contributed by atoms with Crippen molar-refractivity contribution in [2.45, 2.75) is 97.2 Å². The van der Waals surface area contributed by atoms with E-state index in [2.05, 4.69) is 23.7 Å². The highest BCUT2D eigenvalue weighted by atomic mass is 16.6. The second-order valence-electron chi connectivity index (χ2n) is 7.60. The number of hydrogen-bond acceptors (Lipinski definition) is 4. The first-order valence-electron chi connectivity index (χ1n) is 11.3. The lowest BCUT2D eigenvalue weighted by Gasteiger charge is -2.16. The minimum atomic E-state index is -0.805. The topological polar surface area (TPSA) is 52.6 Å². The third kappa shape index (κ3) is 13.2. The first kappa shape index (κ1) is 26.3. The van der Waals surface area contributed by atoms with Crippen molar-refractivity contribution in [2.75, 3.05) is 0 Å². The molecule has 2 atom stereocenters. The summed E-state index contributed by atoms with van der Waals surface area (Å²) in [5, 5.41) is 0. The lowest BCUT2D eigenvalue weighted by atomic mass is 10.1. The van der Waals surface area contributed by atoms with Crippen LogP contribution in [0.15, 0.2) is 30.3 Å². The zero-order valence-corrected chi connectivity index (χ0v) is 19.2. The first-order valence-corrected chi connectivity index (χ1v) is 11.3. The van der Waals surface area contributed by atoms with Gasteiger partial charge in [-0.15, -0.1) is 17.8 Å². The predicted octanol–water partition coefficient (Wildman–Crippen LogP) is 6.09. The van der Waals surface area contributed by atoms with E-state index >= 15 is 0 Å². The highest BCUT2D eigenvalue weighted by Gasteiger charge is 2.19. The highest BCUT2D eigenvalue weighted by Crippen LogP contribution is 2.13. The molecule has 0 aliphatic carbocycles. The molecule has 0 aromatic heterocycles. The molecule has 0 amide bonds. The number of hydrogen-bond donors (Lipinski definition) is 0. The fourth-order valence-corrected chi connectivity index (χ4v) is 3.19. The average molecular weight is 425 g/mol. The summed E-state index contributed by atoms with van der Waals surface area (Å²) < 4.78 is 10.9. The summed E-state index contributed by atoms with van der Waals surface area (Å²) in [4.78, 5) is 24.4. The maximum Gasteiger partial charge on any atom is 0.339 e. The van der Waals surface area contributed by atoms with Crippen LogP contribution in [-0.4, -0.2) is 24.1 Å². The number of benzene rings is 1. The molecule has 0 aliphatic heterocycles. The molecule has 0 spiro atoms. The van der Waals surface area contributed by atoms with Crippen LogP contribution in [0.5, 0.6) is 0 Å². The zero-order valence-electron chi connectivity index (χ0n) is 19.2. The van der Waals surface area contributed by atoms with Gasteiger partial charge in [-0.05, 0) is 52.2 Å². The van der Waals surface area contributed by atoms with Gasteiger partial charge in [-0.3, -0.25) is 4.79 Å². The maximum absolute atomic E-state index is 12.2. The Morgan fingerprint density at radius 2 is 1.52 bits per heavy atom. The van der Waals surface area contributed by atoms with E-state index in [4.69, 9.17) is 9.47 Å². The van der Waals surface area contributed by atoms with Crippen LogP contribution in [0.2, 0.25) is 0 Å². The zero-order chi connectivity index (χ0) is 22.7. The van der Waals surface area contributed by atoms with Gasteiger partial charge in [0.25, 0.3) is 0 Å². The van der Waals surface area contributed by atoms with Crippen molar-refractivity contribution in [3.63, 3.8) is 0 Å². The molecule has 0 bridgehead atoms. The molecule has 1 unspecified atom stereocenters. The van der Waals surface area contributed by atoms with E-state index in [0.29, 0.717) is 5.56 Å². The monoisotopic (exact) mass is 424 g/mol. The number of rotatable bonds is 14. The van der Waals surface area contributed by atoms with Crippen LogP contribution in [0.25, 0.3) is 0 Å². The van der Waals surface area contributed by atoms with E-state index < -0.39 is 18.0 Å². The van der Waals surface area contributed by atoms with Crippen LogP contribution < -0.4 is 0 Å². The molecule has 1 aromatic carbocycles. The number of ether oxygens (including phenoxy) is 2. The Kier molecular flexibility index (Phi) is 14.4. The third-order valence-corrected chi connectivity index (χ3v) is 4.84. The number of unbranched alkanes of at least 4 members (excludes halogenated alkanes) is 7. The van der Waals surface area contributed by atoms with Crippen molar-refractivity contribution in [1.29, 1.82) is 0 Å². The Morgan fingerprint density at radius 3 is 2.16 bits per heavy atom. The van der Waals surface area contributed by atoms with Crippen LogP contribution in [0.4, 0.5) is 0 Å². The summed E-state index contributed by atoms with van der Waals surface area (Å²) in [6.07, 6.45) is 9.18. The summed E-state index contributed by atoms with van der Waals surface area (Å²) in [6.45, 7) is 5.44. The van der Waals surface area contributed by atoms with E-state index in [1.54, 1.807) is 31.2 Å². The van der Waals surface area contributed by atoms with Gasteiger partial charge < -0.3 is 9.47 Å². The molecule has 4 nitrogen and oxygen atoms in total. The van der Waals surface area contributed by atoms with Crippen molar-refractivity contribution >= 4 is 11.9 Å². The molecule has 168 valence electrons. The summed E-state index contributed by atoms with van der Waals surface area (Å²) in [6, 6.07) is 8.68. The summed E-state index contributed by atoms with van der Waals surface area (Å²) in [5.74, 6) is 10.6. The van der Waals surface area contributed by atoms with Crippen molar-refractivity contribution in [1.82, 2.24) is 0 Å². The van der Waals surface area contributed by atoms with E-state index in [-0.39, 0.29) is 12.5 Å². The van der Waals surface area contributed by atoms with Crippen molar-refractivity contribution in [2.24, 2.45) is 0 Å². The van der Waals surface area contributed by atoms with Crippen molar-refractivity contribution < 1.29 is 19.1 Å². The van der Waals surface area contributed by atoms with Gasteiger partial charge in [-0.25, -0.2) is 4.79 Å². The van der Waals surface area contributed by atoms with E-state index in [1.807, 2.05) is 19.9 Å². The van der Waals surface area contributed by atoms with Gasteiger partial charge in [0.2, 0.25) is 0 Å². The normalized spacial score (nSPS) is 11.8. The molecule has 0 saturated carbocycles. The van der Waals surface area contributed by atoms with Gasteiger partial charge >= 0.3 is 11.9 Å². The van der Waals surface area contributed by atoms with Crippen LogP contribution in [0.3, 0.4) is 0 Å². The smallest absolute Gasteiger partial charge is 0.339 e. The average Bonchev–Trinajstić information content (AvgIpc) is 2.75. The molecule has 0 saturated heterocycles. The molecular weight excluding hydrogens is 388 g/mol. The molecule has 0 aliphatic rings. The van der Waals surface area contributed by atoms with Gasteiger partial charge in [-0.1, -0.05) is 56.2 Å². The van der Waals surface area contributed by atoms with Crippen molar-refractivity contribution in [3.05, 3.63) is 35.9 Å². The number of carbonyl (C=O) groups excluding carboxylic acids is 2. The van der Waals surface area contributed by atoms with Crippen LogP contribution in [0.1, 0.15) is 95.3 Å². The highest BCUT2D eigenvalue weighted by molar-refractivity contribution is 5.89. The molecule has 0 fully saturated rings. The Morgan fingerprint density at radius 1 is 0.871 bits per heavy atom. The molecule has 1 rings (SSSR count). The lowest BCUT2D eigenvalue weighted by Crippen LogP contribution is -2.24.